The Hall–Kier alpha value is -1.87. The van der Waals surface area contributed by atoms with Crippen molar-refractivity contribution in [3.63, 3.8) is 0 Å². The van der Waals surface area contributed by atoms with Crippen LogP contribution in [-0.4, -0.2) is 14.2 Å². The van der Waals surface area contributed by atoms with Crippen LogP contribution < -0.4 is 10.1 Å². The molecule has 0 aromatic heterocycles. The van der Waals surface area contributed by atoms with Crippen LogP contribution in [0.25, 0.3) is 0 Å². The molecule has 0 fully saturated rings. The first-order chi connectivity index (χ1) is 10.2. The predicted molar refractivity (Wildman–Crippen MR) is 84.3 cm³/mol. The van der Waals surface area contributed by atoms with Gasteiger partial charge >= 0.3 is 0 Å². The molecule has 0 spiro atoms. The van der Waals surface area contributed by atoms with E-state index >= 15 is 0 Å². The Morgan fingerprint density at radius 3 is 2.38 bits per heavy atom. The molecule has 1 N–H and O–H groups in total. The molecular formula is C18H22FNO. The molecule has 0 aliphatic heterocycles. The Labute approximate surface area is 126 Å². The molecule has 0 saturated carbocycles. The van der Waals surface area contributed by atoms with Crippen LogP contribution >= 0.6 is 0 Å². The van der Waals surface area contributed by atoms with Crippen molar-refractivity contribution in [3.8, 4) is 5.75 Å². The molecule has 0 saturated heterocycles. The Kier molecular flexibility index (Phi) is 5.34. The van der Waals surface area contributed by atoms with E-state index in [9.17, 15) is 4.39 Å². The molecule has 2 nitrogen and oxygen atoms in total. The minimum Gasteiger partial charge on any atom is -0.497 e. The monoisotopic (exact) mass is 287 g/mol. The highest BCUT2D eigenvalue weighted by Gasteiger charge is 2.16. The molecule has 0 radical (unpaired) electrons. The number of rotatable bonds is 6. The van der Waals surface area contributed by atoms with Crippen LogP contribution in [0.2, 0.25) is 0 Å². The van der Waals surface area contributed by atoms with Gasteiger partial charge in [-0.2, -0.15) is 0 Å². The van der Waals surface area contributed by atoms with Crippen LogP contribution in [0.15, 0.2) is 42.5 Å². The van der Waals surface area contributed by atoms with Gasteiger partial charge in [0, 0.05) is 11.6 Å². The number of ether oxygens (including phenoxy) is 1. The number of methoxy groups -OCH3 is 1. The molecule has 3 heteroatoms. The lowest BCUT2D eigenvalue weighted by Gasteiger charge is -2.19. The van der Waals surface area contributed by atoms with Crippen molar-refractivity contribution < 1.29 is 9.13 Å². The molecule has 2 aromatic rings. The van der Waals surface area contributed by atoms with Crippen LogP contribution in [0.1, 0.15) is 36.1 Å². The van der Waals surface area contributed by atoms with Gasteiger partial charge in [0.15, 0.2) is 0 Å². The highest BCUT2D eigenvalue weighted by Crippen LogP contribution is 2.27. The zero-order valence-corrected chi connectivity index (χ0v) is 12.8. The first-order valence-electron chi connectivity index (χ1n) is 7.29. The normalized spacial score (nSPS) is 12.2. The van der Waals surface area contributed by atoms with E-state index in [0.29, 0.717) is 11.3 Å². The van der Waals surface area contributed by atoms with Crippen LogP contribution in [0, 0.1) is 5.82 Å². The van der Waals surface area contributed by atoms with E-state index in [-0.39, 0.29) is 11.9 Å². The van der Waals surface area contributed by atoms with Crippen LogP contribution in [-0.2, 0) is 6.42 Å². The largest absolute Gasteiger partial charge is 0.497 e. The highest BCUT2D eigenvalue weighted by atomic mass is 19.1. The number of hydrogen-bond acceptors (Lipinski definition) is 2. The second kappa shape index (κ2) is 7.23. The van der Waals surface area contributed by atoms with Gasteiger partial charge in [-0.1, -0.05) is 43.7 Å². The average molecular weight is 287 g/mol. The van der Waals surface area contributed by atoms with Crippen molar-refractivity contribution in [1.29, 1.82) is 0 Å². The Morgan fingerprint density at radius 2 is 1.86 bits per heavy atom. The fourth-order valence-corrected chi connectivity index (χ4v) is 2.54. The molecule has 0 bridgehead atoms. The number of aryl methyl sites for hydroxylation is 1. The van der Waals surface area contributed by atoms with Crippen molar-refractivity contribution in [2.24, 2.45) is 0 Å². The molecule has 0 aliphatic carbocycles. The summed E-state index contributed by atoms with van der Waals surface area (Å²) < 4.78 is 19.3. The smallest absolute Gasteiger partial charge is 0.132 e. The summed E-state index contributed by atoms with van der Waals surface area (Å²) in [5.41, 5.74) is 2.99. The maximum Gasteiger partial charge on any atom is 0.132 e. The van der Waals surface area contributed by atoms with E-state index in [1.165, 1.54) is 18.7 Å². The minimum absolute atomic E-state index is 0.161. The molecule has 21 heavy (non-hydrogen) atoms. The second-order valence-electron chi connectivity index (χ2n) is 5.10. The van der Waals surface area contributed by atoms with Gasteiger partial charge < -0.3 is 10.1 Å². The van der Waals surface area contributed by atoms with E-state index in [0.717, 1.165) is 18.4 Å². The standard InChI is InChI=1S/C18H22FNO/c1-4-5-13-6-8-14(9-7-13)18(20-2)16-11-10-15(21-3)12-17(16)19/h6-12,18,20H,4-5H2,1-3H3. The van der Waals surface area contributed by atoms with Gasteiger partial charge in [0.25, 0.3) is 0 Å². The fraction of sp³-hybridized carbons (Fsp3) is 0.333. The summed E-state index contributed by atoms with van der Waals surface area (Å²) in [6.07, 6.45) is 2.20. The van der Waals surface area contributed by atoms with E-state index < -0.39 is 0 Å². The van der Waals surface area contributed by atoms with Gasteiger partial charge in [-0.3, -0.25) is 0 Å². The summed E-state index contributed by atoms with van der Waals surface area (Å²) in [6, 6.07) is 13.2. The molecule has 1 unspecified atom stereocenters. The molecule has 112 valence electrons. The Morgan fingerprint density at radius 1 is 1.14 bits per heavy atom. The van der Waals surface area contributed by atoms with Crippen LogP contribution in [0.3, 0.4) is 0 Å². The topological polar surface area (TPSA) is 21.3 Å². The van der Waals surface area contributed by atoms with Gasteiger partial charge in [-0.25, -0.2) is 4.39 Å². The van der Waals surface area contributed by atoms with Gasteiger partial charge in [0.1, 0.15) is 11.6 Å². The van der Waals surface area contributed by atoms with Crippen LogP contribution in [0.5, 0.6) is 5.75 Å². The SMILES string of the molecule is CCCc1ccc(C(NC)c2ccc(OC)cc2F)cc1. The minimum atomic E-state index is -0.258. The summed E-state index contributed by atoms with van der Waals surface area (Å²) >= 11 is 0. The van der Waals surface area contributed by atoms with Crippen molar-refractivity contribution in [1.82, 2.24) is 5.32 Å². The molecular weight excluding hydrogens is 265 g/mol. The lowest BCUT2D eigenvalue weighted by Crippen LogP contribution is -2.19. The number of halogens is 1. The summed E-state index contributed by atoms with van der Waals surface area (Å²) in [5.74, 6) is 0.274. The lowest BCUT2D eigenvalue weighted by molar-refractivity contribution is 0.410. The summed E-state index contributed by atoms with van der Waals surface area (Å²) in [5, 5.41) is 3.18. The zero-order valence-electron chi connectivity index (χ0n) is 12.8. The molecule has 0 amide bonds. The van der Waals surface area contributed by atoms with Crippen molar-refractivity contribution in [2.75, 3.05) is 14.2 Å². The Balaban J connectivity index is 2.30. The molecule has 0 aliphatic rings. The third kappa shape index (κ3) is 3.61. The second-order valence-corrected chi connectivity index (χ2v) is 5.10. The first-order valence-corrected chi connectivity index (χ1v) is 7.29. The maximum absolute atomic E-state index is 14.2. The van der Waals surface area contributed by atoms with Crippen LogP contribution in [0.4, 0.5) is 4.39 Å². The van der Waals surface area contributed by atoms with E-state index in [2.05, 4.69) is 36.5 Å². The number of nitrogens with one attached hydrogen (secondary N) is 1. The quantitative estimate of drug-likeness (QED) is 0.864. The van der Waals surface area contributed by atoms with Gasteiger partial charge in [0.05, 0.1) is 13.2 Å². The van der Waals surface area contributed by atoms with E-state index in [4.69, 9.17) is 4.74 Å². The van der Waals surface area contributed by atoms with Crippen molar-refractivity contribution >= 4 is 0 Å². The van der Waals surface area contributed by atoms with Crippen molar-refractivity contribution in [2.45, 2.75) is 25.8 Å². The van der Waals surface area contributed by atoms with Gasteiger partial charge in [-0.15, -0.1) is 0 Å². The molecule has 1 atom stereocenters. The average Bonchev–Trinajstić information content (AvgIpc) is 2.51. The summed E-state index contributed by atoms with van der Waals surface area (Å²) in [6.45, 7) is 2.16. The summed E-state index contributed by atoms with van der Waals surface area (Å²) in [7, 11) is 3.38. The number of benzene rings is 2. The fourth-order valence-electron chi connectivity index (χ4n) is 2.54. The highest BCUT2D eigenvalue weighted by molar-refractivity contribution is 5.37. The molecule has 0 heterocycles. The zero-order chi connectivity index (χ0) is 15.2. The third-order valence-corrected chi connectivity index (χ3v) is 3.66. The first kappa shape index (κ1) is 15.5. The van der Waals surface area contributed by atoms with Gasteiger partial charge in [0.2, 0.25) is 0 Å². The lowest BCUT2D eigenvalue weighted by atomic mass is 9.96. The molecule has 2 aromatic carbocycles. The van der Waals surface area contributed by atoms with E-state index in [1.54, 1.807) is 12.1 Å². The van der Waals surface area contributed by atoms with Gasteiger partial charge in [-0.05, 0) is 30.7 Å². The predicted octanol–water partition coefficient (Wildman–Crippen LogP) is 4.10. The van der Waals surface area contributed by atoms with Crippen molar-refractivity contribution in [3.05, 3.63) is 65.0 Å². The molecule has 2 rings (SSSR count). The third-order valence-electron chi connectivity index (χ3n) is 3.66. The maximum atomic E-state index is 14.2. The van der Waals surface area contributed by atoms with E-state index in [1.807, 2.05) is 7.05 Å². The Bertz CT molecular complexity index is 580. The number of hydrogen-bond donors (Lipinski definition) is 1. The summed E-state index contributed by atoms with van der Waals surface area (Å²) in [4.78, 5) is 0.